The van der Waals surface area contributed by atoms with Gasteiger partial charge in [0.2, 0.25) is 0 Å². The molecule has 0 aliphatic heterocycles. The molecule has 2 N–H and O–H groups in total. The molecule has 2 rings (SSSR count). The Hall–Kier alpha value is -2.83. The lowest BCUT2D eigenvalue weighted by molar-refractivity contribution is -0.384. The van der Waals surface area contributed by atoms with Gasteiger partial charge in [-0.2, -0.15) is 0 Å². The number of nitrogens with zero attached hydrogens (tertiary/aromatic N) is 1. The van der Waals surface area contributed by atoms with Gasteiger partial charge in [0.15, 0.2) is 11.4 Å². The summed E-state index contributed by atoms with van der Waals surface area (Å²) in [6.45, 7) is 1.66. The fourth-order valence-corrected chi connectivity index (χ4v) is 1.58. The Morgan fingerprint density at radius 2 is 2.16 bits per heavy atom. The molecule has 7 nitrogen and oxygen atoms in total. The summed E-state index contributed by atoms with van der Waals surface area (Å²) in [5.41, 5.74) is -0.0542. The number of carbonyl (C=O) groups excluding carboxylic acids is 1. The largest absolute Gasteiger partial charge is 0.505 e. The minimum Gasteiger partial charge on any atom is -0.505 e. The number of benzene rings is 1. The predicted octanol–water partition coefficient (Wildman–Crippen LogP) is 2.45. The van der Waals surface area contributed by atoms with Gasteiger partial charge in [0.1, 0.15) is 5.75 Å². The first-order valence-corrected chi connectivity index (χ1v) is 5.32. The van der Waals surface area contributed by atoms with Gasteiger partial charge in [-0.15, -0.1) is 0 Å². The number of aromatic hydroxyl groups is 1. The first-order valence-electron chi connectivity index (χ1n) is 5.32. The smallest absolute Gasteiger partial charge is 0.296 e. The van der Waals surface area contributed by atoms with Gasteiger partial charge in [-0.3, -0.25) is 14.9 Å². The number of phenols is 1. The number of para-hydroxylation sites is 1. The molecule has 0 aliphatic carbocycles. The molecule has 0 fully saturated rings. The first-order chi connectivity index (χ1) is 9.00. The molecule has 0 spiro atoms. The summed E-state index contributed by atoms with van der Waals surface area (Å²) in [6.07, 6.45) is 1.34. The zero-order valence-electron chi connectivity index (χ0n) is 9.91. The van der Waals surface area contributed by atoms with Crippen molar-refractivity contribution in [3.8, 4) is 5.75 Å². The number of nitrogens with one attached hydrogen (secondary N) is 1. The maximum atomic E-state index is 11.9. The topological polar surface area (TPSA) is 106 Å². The third-order valence-corrected chi connectivity index (χ3v) is 2.52. The van der Waals surface area contributed by atoms with E-state index in [1.165, 1.54) is 24.5 Å². The number of hydrogen-bond donors (Lipinski definition) is 2. The molecule has 1 aromatic heterocycles. The Labute approximate surface area is 107 Å². The van der Waals surface area contributed by atoms with Crippen LogP contribution in [0.25, 0.3) is 0 Å². The van der Waals surface area contributed by atoms with Crippen molar-refractivity contribution in [3.05, 3.63) is 52.0 Å². The molecule has 0 saturated heterocycles. The van der Waals surface area contributed by atoms with Crippen LogP contribution in [-0.4, -0.2) is 15.9 Å². The van der Waals surface area contributed by atoms with Gasteiger partial charge in [0.25, 0.3) is 11.6 Å². The van der Waals surface area contributed by atoms with Crippen molar-refractivity contribution in [2.45, 2.75) is 6.92 Å². The van der Waals surface area contributed by atoms with E-state index in [-0.39, 0.29) is 17.2 Å². The minimum atomic E-state index is -0.690. The van der Waals surface area contributed by atoms with E-state index in [1.807, 2.05) is 0 Å². The number of nitro groups is 1. The minimum absolute atomic E-state index is 0.0394. The van der Waals surface area contributed by atoms with Crippen molar-refractivity contribution in [2.24, 2.45) is 0 Å². The van der Waals surface area contributed by atoms with Gasteiger partial charge >= 0.3 is 0 Å². The number of anilines is 1. The second-order valence-electron chi connectivity index (χ2n) is 3.82. The monoisotopic (exact) mass is 262 g/mol. The lowest BCUT2D eigenvalue weighted by atomic mass is 10.2. The molecule has 0 atom stereocenters. The number of furan rings is 1. The second-order valence-corrected chi connectivity index (χ2v) is 3.82. The third-order valence-electron chi connectivity index (χ3n) is 2.52. The van der Waals surface area contributed by atoms with E-state index >= 15 is 0 Å². The molecule has 1 aromatic carbocycles. The van der Waals surface area contributed by atoms with Gasteiger partial charge in [-0.05, 0) is 19.1 Å². The van der Waals surface area contributed by atoms with Crippen LogP contribution in [0.1, 0.15) is 16.1 Å². The number of carbonyl (C=O) groups is 1. The quantitative estimate of drug-likeness (QED) is 0.502. The molecule has 2 aromatic rings. The summed E-state index contributed by atoms with van der Waals surface area (Å²) in [4.78, 5) is 22.0. The number of phenolic OH excluding ortho intramolecular Hbond substituents is 1. The van der Waals surface area contributed by atoms with Gasteiger partial charge in [-0.1, -0.05) is 6.07 Å². The Morgan fingerprint density at radius 1 is 1.42 bits per heavy atom. The average molecular weight is 262 g/mol. The number of nitro benzene ring substituents is 1. The molecule has 98 valence electrons. The Bertz CT molecular complexity index is 647. The summed E-state index contributed by atoms with van der Waals surface area (Å²) in [7, 11) is 0. The summed E-state index contributed by atoms with van der Waals surface area (Å²) in [6, 6.07) is 5.34. The fraction of sp³-hybridized carbons (Fsp3) is 0.0833. The van der Waals surface area contributed by atoms with E-state index in [2.05, 4.69) is 5.32 Å². The lowest BCUT2D eigenvalue weighted by Gasteiger charge is -2.06. The average Bonchev–Trinajstić information content (AvgIpc) is 2.77. The Balaban J connectivity index is 2.36. The van der Waals surface area contributed by atoms with Crippen LogP contribution < -0.4 is 5.32 Å². The van der Waals surface area contributed by atoms with E-state index in [1.54, 1.807) is 13.0 Å². The van der Waals surface area contributed by atoms with Crippen LogP contribution in [0.15, 0.2) is 34.9 Å². The van der Waals surface area contributed by atoms with Crippen molar-refractivity contribution in [3.63, 3.8) is 0 Å². The number of rotatable bonds is 3. The highest BCUT2D eigenvalue weighted by Gasteiger charge is 2.22. The predicted molar refractivity (Wildman–Crippen MR) is 66.2 cm³/mol. The van der Waals surface area contributed by atoms with Gasteiger partial charge in [0, 0.05) is 11.6 Å². The van der Waals surface area contributed by atoms with E-state index < -0.39 is 16.5 Å². The molecule has 1 heterocycles. The van der Waals surface area contributed by atoms with Crippen LogP contribution in [0.5, 0.6) is 5.75 Å². The van der Waals surface area contributed by atoms with Crippen molar-refractivity contribution >= 4 is 17.3 Å². The highest BCUT2D eigenvalue weighted by atomic mass is 16.6. The Kier molecular flexibility index (Phi) is 3.19. The van der Waals surface area contributed by atoms with E-state index in [9.17, 15) is 20.0 Å². The lowest BCUT2D eigenvalue weighted by Crippen LogP contribution is -2.13. The van der Waals surface area contributed by atoms with Crippen LogP contribution in [0.2, 0.25) is 0 Å². The molecule has 0 saturated carbocycles. The summed E-state index contributed by atoms with van der Waals surface area (Å²) >= 11 is 0. The van der Waals surface area contributed by atoms with Crippen molar-refractivity contribution in [2.75, 3.05) is 5.32 Å². The zero-order chi connectivity index (χ0) is 14.0. The van der Waals surface area contributed by atoms with Crippen LogP contribution in [0.3, 0.4) is 0 Å². The molecule has 7 heteroatoms. The highest BCUT2D eigenvalue weighted by Crippen LogP contribution is 2.33. The highest BCUT2D eigenvalue weighted by molar-refractivity contribution is 6.05. The Morgan fingerprint density at radius 3 is 2.74 bits per heavy atom. The van der Waals surface area contributed by atoms with E-state index in [0.717, 1.165) is 0 Å². The molecule has 0 radical (unpaired) electrons. The standard InChI is InChI=1S/C12H10N2O5/c1-7-5-6-19-11(7)12(16)13-10-8(14(17)18)3-2-4-9(10)15/h2-6,15H,1H3,(H,13,16). The van der Waals surface area contributed by atoms with Crippen LogP contribution in [0.4, 0.5) is 11.4 Å². The zero-order valence-corrected chi connectivity index (χ0v) is 9.91. The summed E-state index contributed by atoms with van der Waals surface area (Å²) in [5.74, 6) is -1.00. The maximum absolute atomic E-state index is 11.9. The van der Waals surface area contributed by atoms with Crippen LogP contribution in [-0.2, 0) is 0 Å². The molecular weight excluding hydrogens is 252 g/mol. The van der Waals surface area contributed by atoms with E-state index in [4.69, 9.17) is 4.42 Å². The molecule has 1 amide bonds. The summed E-state index contributed by atoms with van der Waals surface area (Å²) < 4.78 is 4.97. The van der Waals surface area contributed by atoms with Gasteiger partial charge in [0.05, 0.1) is 11.2 Å². The normalized spacial score (nSPS) is 10.2. The number of aryl methyl sites for hydroxylation is 1. The van der Waals surface area contributed by atoms with Crippen LogP contribution in [0, 0.1) is 17.0 Å². The molecule has 0 bridgehead atoms. The molecule has 0 aliphatic rings. The SMILES string of the molecule is Cc1ccoc1C(=O)Nc1c(O)cccc1[N+](=O)[O-]. The van der Waals surface area contributed by atoms with Crippen molar-refractivity contribution in [1.29, 1.82) is 0 Å². The van der Waals surface area contributed by atoms with Gasteiger partial charge in [-0.25, -0.2) is 0 Å². The number of amides is 1. The van der Waals surface area contributed by atoms with Crippen molar-refractivity contribution in [1.82, 2.24) is 0 Å². The number of hydrogen-bond acceptors (Lipinski definition) is 5. The maximum Gasteiger partial charge on any atom is 0.296 e. The van der Waals surface area contributed by atoms with Crippen LogP contribution >= 0.6 is 0 Å². The third kappa shape index (κ3) is 2.39. The first kappa shape index (κ1) is 12.6. The van der Waals surface area contributed by atoms with Crippen molar-refractivity contribution < 1.29 is 19.2 Å². The van der Waals surface area contributed by atoms with Gasteiger partial charge < -0.3 is 14.8 Å². The molecule has 19 heavy (non-hydrogen) atoms. The fourth-order valence-electron chi connectivity index (χ4n) is 1.58. The molecule has 0 unspecified atom stereocenters. The second kappa shape index (κ2) is 4.81. The van der Waals surface area contributed by atoms with E-state index in [0.29, 0.717) is 5.56 Å². The summed E-state index contributed by atoms with van der Waals surface area (Å²) in [5, 5.41) is 22.7. The molecular formula is C12H10N2O5.